The van der Waals surface area contributed by atoms with Crippen LogP contribution >= 0.6 is 0 Å². The highest BCUT2D eigenvalue weighted by atomic mass is 16.5. The lowest BCUT2D eigenvalue weighted by atomic mass is 9.69. The van der Waals surface area contributed by atoms with Crippen LogP contribution in [0.25, 0.3) is 0 Å². The maximum absolute atomic E-state index is 13.4. The van der Waals surface area contributed by atoms with Gasteiger partial charge in [-0.2, -0.15) is 0 Å². The predicted octanol–water partition coefficient (Wildman–Crippen LogP) is 1.72. The number of allylic oxidation sites excluding steroid dienone is 4. The van der Waals surface area contributed by atoms with E-state index in [9.17, 15) is 29.4 Å². The van der Waals surface area contributed by atoms with Gasteiger partial charge in [0.1, 0.15) is 11.5 Å². The number of hydrogen-bond acceptors (Lipinski definition) is 7. The van der Waals surface area contributed by atoms with Crippen LogP contribution in [0.5, 0.6) is 0 Å². The van der Waals surface area contributed by atoms with Crippen molar-refractivity contribution in [1.82, 2.24) is 5.32 Å². The first-order valence-corrected chi connectivity index (χ1v) is 11.0. The first-order chi connectivity index (χ1) is 15.4. The second kappa shape index (κ2) is 10.9. The molecule has 0 aromatic carbocycles. The minimum Gasteiger partial charge on any atom is -0.461 e. The lowest BCUT2D eigenvalue weighted by Gasteiger charge is -2.42. The SMILES string of the molecule is CC(=O)C(=O)NC1C=C(C)C=CC(O)CC=C(C)C=CC(O)CC2OC(=O)[C@]1(C)C(=O)C2C. The molecule has 0 spiro atoms. The summed E-state index contributed by atoms with van der Waals surface area (Å²) in [6, 6.07) is -1.15. The predicted molar refractivity (Wildman–Crippen MR) is 122 cm³/mol. The van der Waals surface area contributed by atoms with Crippen LogP contribution in [0.4, 0.5) is 0 Å². The van der Waals surface area contributed by atoms with Gasteiger partial charge in [-0.3, -0.25) is 19.2 Å². The molecule has 33 heavy (non-hydrogen) atoms. The molecule has 180 valence electrons. The fourth-order valence-corrected chi connectivity index (χ4v) is 3.85. The van der Waals surface area contributed by atoms with E-state index in [1.165, 1.54) is 13.0 Å². The van der Waals surface area contributed by atoms with Gasteiger partial charge < -0.3 is 20.3 Å². The zero-order valence-electron chi connectivity index (χ0n) is 19.7. The number of nitrogens with one attached hydrogen (secondary N) is 1. The Hall–Kier alpha value is -2.84. The van der Waals surface area contributed by atoms with Crippen molar-refractivity contribution >= 4 is 23.4 Å². The third-order valence-electron chi connectivity index (χ3n) is 6.14. The van der Waals surface area contributed by atoms with Crippen molar-refractivity contribution in [3.05, 3.63) is 47.6 Å². The number of esters is 1. The number of aliphatic hydroxyl groups excluding tert-OH is 2. The molecule has 1 aliphatic carbocycles. The number of carbonyl (C=O) groups is 4. The van der Waals surface area contributed by atoms with Gasteiger partial charge in [0.25, 0.3) is 5.91 Å². The highest BCUT2D eigenvalue weighted by molar-refractivity contribution is 6.35. The average Bonchev–Trinajstić information content (AvgIpc) is 2.75. The van der Waals surface area contributed by atoms with E-state index in [0.717, 1.165) is 12.5 Å². The first-order valence-electron chi connectivity index (χ1n) is 11.0. The Balaban J connectivity index is 2.57. The summed E-state index contributed by atoms with van der Waals surface area (Å²) in [5.41, 5.74) is -0.371. The van der Waals surface area contributed by atoms with Crippen molar-refractivity contribution in [3.63, 3.8) is 0 Å². The standard InChI is InChI=1S/C25H33NO7/c1-14-6-9-18(28)10-8-15(2)12-21(26-23(31)17(4)27)25(5)22(30)16(3)20(33-24(25)32)13-19(29)11-7-14/h6-8,10-12,16,18-21,28-29H,9,13H2,1-5H3,(H,26,31)/t16?,18?,19?,20?,21?,25-/m0/s1. The summed E-state index contributed by atoms with van der Waals surface area (Å²) < 4.78 is 5.59. The largest absolute Gasteiger partial charge is 0.461 e. The molecule has 2 aliphatic heterocycles. The maximum atomic E-state index is 13.4. The van der Waals surface area contributed by atoms with E-state index >= 15 is 0 Å². The van der Waals surface area contributed by atoms with Crippen molar-refractivity contribution in [2.24, 2.45) is 11.3 Å². The number of ketones is 2. The molecule has 3 N–H and O–H groups in total. The number of Topliss-reactive ketones (excluding diaryl/α,β-unsaturated/α-hetero) is 2. The van der Waals surface area contributed by atoms with Gasteiger partial charge in [0.2, 0.25) is 5.78 Å². The molecule has 0 aromatic rings. The Morgan fingerprint density at radius 3 is 2.33 bits per heavy atom. The molecular formula is C25H33NO7. The number of fused-ring (bicyclic) bond motifs is 10. The van der Waals surface area contributed by atoms with Crippen LogP contribution < -0.4 is 5.32 Å². The van der Waals surface area contributed by atoms with Gasteiger partial charge in [-0.1, -0.05) is 54.5 Å². The Labute approximate surface area is 194 Å². The van der Waals surface area contributed by atoms with Crippen molar-refractivity contribution in [2.75, 3.05) is 0 Å². The minimum atomic E-state index is -1.78. The van der Waals surface area contributed by atoms with Gasteiger partial charge in [0, 0.05) is 13.3 Å². The van der Waals surface area contributed by atoms with Crippen molar-refractivity contribution in [1.29, 1.82) is 0 Å². The lowest BCUT2D eigenvalue weighted by Crippen LogP contribution is -2.61. The lowest BCUT2D eigenvalue weighted by molar-refractivity contribution is -0.181. The summed E-state index contributed by atoms with van der Waals surface area (Å²) in [5, 5.41) is 23.1. The minimum absolute atomic E-state index is 0.0298. The second-order valence-corrected chi connectivity index (χ2v) is 8.99. The Morgan fingerprint density at radius 2 is 1.70 bits per heavy atom. The van der Waals surface area contributed by atoms with E-state index in [4.69, 9.17) is 4.74 Å². The van der Waals surface area contributed by atoms with Crippen LogP contribution in [-0.4, -0.2) is 58.0 Å². The van der Waals surface area contributed by atoms with E-state index in [-0.39, 0.29) is 6.42 Å². The van der Waals surface area contributed by atoms with Crippen LogP contribution in [0, 0.1) is 11.3 Å². The number of amides is 1. The average molecular weight is 460 g/mol. The molecule has 0 saturated carbocycles. The van der Waals surface area contributed by atoms with Gasteiger partial charge >= 0.3 is 5.97 Å². The summed E-state index contributed by atoms with van der Waals surface area (Å²) >= 11 is 0. The number of aliphatic hydroxyl groups is 2. The molecule has 5 unspecified atom stereocenters. The van der Waals surface area contributed by atoms with E-state index in [2.05, 4.69) is 5.32 Å². The fourth-order valence-electron chi connectivity index (χ4n) is 3.85. The van der Waals surface area contributed by atoms with E-state index in [0.29, 0.717) is 12.0 Å². The molecule has 3 aliphatic rings. The van der Waals surface area contributed by atoms with Gasteiger partial charge in [-0.05, 0) is 27.2 Å². The number of rotatable bonds is 2. The molecule has 2 heterocycles. The van der Waals surface area contributed by atoms with Gasteiger partial charge in [0.05, 0.1) is 24.2 Å². The zero-order valence-corrected chi connectivity index (χ0v) is 19.7. The molecular weight excluding hydrogens is 426 g/mol. The highest BCUT2D eigenvalue weighted by Gasteiger charge is 2.56. The Kier molecular flexibility index (Phi) is 8.69. The summed E-state index contributed by atoms with van der Waals surface area (Å²) in [4.78, 5) is 50.3. The quantitative estimate of drug-likeness (QED) is 0.326. The Morgan fingerprint density at radius 1 is 1.09 bits per heavy atom. The fraction of sp³-hybridized carbons (Fsp3) is 0.520. The van der Waals surface area contributed by atoms with Gasteiger partial charge in [-0.15, -0.1) is 0 Å². The summed E-state index contributed by atoms with van der Waals surface area (Å²) in [7, 11) is 0. The van der Waals surface area contributed by atoms with Crippen LogP contribution in [-0.2, 0) is 23.9 Å². The zero-order chi connectivity index (χ0) is 24.9. The van der Waals surface area contributed by atoms with E-state index in [1.54, 1.807) is 38.2 Å². The second-order valence-electron chi connectivity index (χ2n) is 8.99. The van der Waals surface area contributed by atoms with Crippen LogP contribution in [0.2, 0.25) is 0 Å². The van der Waals surface area contributed by atoms with Crippen molar-refractivity contribution in [2.45, 2.75) is 71.8 Å². The Bertz CT molecular complexity index is 929. The normalized spacial score (nSPS) is 33.6. The molecule has 8 nitrogen and oxygen atoms in total. The summed E-state index contributed by atoms with van der Waals surface area (Å²) in [5.74, 6) is -3.74. The monoisotopic (exact) mass is 459 g/mol. The van der Waals surface area contributed by atoms with Crippen molar-refractivity contribution in [3.8, 4) is 0 Å². The smallest absolute Gasteiger partial charge is 0.322 e. The van der Waals surface area contributed by atoms with Crippen LogP contribution in [0.1, 0.15) is 47.5 Å². The molecule has 1 amide bonds. The number of ether oxygens (including phenoxy) is 1. The molecule has 1 fully saturated rings. The van der Waals surface area contributed by atoms with Crippen LogP contribution in [0.3, 0.4) is 0 Å². The highest BCUT2D eigenvalue weighted by Crippen LogP contribution is 2.38. The summed E-state index contributed by atoms with van der Waals surface area (Å²) in [6.45, 7) is 7.62. The number of hydrogen-bond donors (Lipinski definition) is 3. The van der Waals surface area contributed by atoms with Gasteiger partial charge in [0.15, 0.2) is 5.78 Å². The topological polar surface area (TPSA) is 130 Å². The molecule has 6 atom stereocenters. The maximum Gasteiger partial charge on any atom is 0.322 e. The first kappa shape index (κ1) is 26.4. The molecule has 0 aromatic heterocycles. The van der Waals surface area contributed by atoms with Gasteiger partial charge in [-0.25, -0.2) is 0 Å². The summed E-state index contributed by atoms with van der Waals surface area (Å²) in [6.07, 6.45) is 7.54. The van der Waals surface area contributed by atoms with Crippen molar-refractivity contribution < 1.29 is 34.1 Å². The van der Waals surface area contributed by atoms with E-state index in [1.807, 2.05) is 13.0 Å². The van der Waals surface area contributed by atoms with E-state index < -0.39 is 59.1 Å². The third-order valence-corrected chi connectivity index (χ3v) is 6.14. The van der Waals surface area contributed by atoms with Crippen LogP contribution in [0.15, 0.2) is 47.6 Å². The molecule has 3 rings (SSSR count). The molecule has 2 bridgehead atoms. The molecule has 0 radical (unpaired) electrons. The molecule has 1 saturated heterocycles. The third kappa shape index (κ3) is 6.36. The molecule has 8 heteroatoms. The number of carbonyl (C=O) groups excluding carboxylic acids is 4.